The van der Waals surface area contributed by atoms with Crippen LogP contribution in [-0.4, -0.2) is 28.4 Å². The zero-order valence-electron chi connectivity index (χ0n) is 9.24. The van der Waals surface area contributed by atoms with Crippen molar-refractivity contribution in [2.24, 2.45) is 5.92 Å². The highest BCUT2D eigenvalue weighted by atomic mass is 79.9. The number of aromatic nitrogens is 2. The summed E-state index contributed by atoms with van der Waals surface area (Å²) in [5.41, 5.74) is 0. The van der Waals surface area contributed by atoms with Gasteiger partial charge >= 0.3 is 0 Å². The summed E-state index contributed by atoms with van der Waals surface area (Å²) in [6.45, 7) is 4.09. The van der Waals surface area contributed by atoms with Crippen LogP contribution in [-0.2, 0) is 0 Å². The molecule has 0 N–H and O–H groups in total. The maximum atomic E-state index is 6.12. The lowest BCUT2D eigenvalue weighted by Gasteiger charge is -2.33. The second-order valence-corrected chi connectivity index (χ2v) is 5.81. The fourth-order valence-corrected chi connectivity index (χ4v) is 2.48. The molecule has 0 spiro atoms. The van der Waals surface area contributed by atoms with Crippen molar-refractivity contribution < 1.29 is 0 Å². The summed E-state index contributed by atoms with van der Waals surface area (Å²) in [4.78, 5) is 10.8. The van der Waals surface area contributed by atoms with Crippen molar-refractivity contribution in [3.8, 4) is 0 Å². The topological polar surface area (TPSA) is 29.0 Å². The zero-order chi connectivity index (χ0) is 11.5. The lowest BCUT2D eigenvalue weighted by atomic mass is 9.94. The number of piperidine rings is 1. The smallest absolute Gasteiger partial charge is 0.225 e. The lowest BCUT2D eigenvalue weighted by Crippen LogP contribution is -2.36. The van der Waals surface area contributed by atoms with Gasteiger partial charge in [-0.05, 0) is 41.6 Å². The van der Waals surface area contributed by atoms with E-state index in [4.69, 9.17) is 11.6 Å². The standard InChI is InChI=1S/C11H15BrClN3/c1-8(13)9-2-4-16(5-3-9)11-14-6-10(12)7-15-11/h6-9H,2-5H2,1H3. The van der Waals surface area contributed by atoms with E-state index in [2.05, 4.69) is 37.7 Å². The van der Waals surface area contributed by atoms with Crippen molar-refractivity contribution in [1.82, 2.24) is 9.97 Å². The number of hydrogen-bond donors (Lipinski definition) is 0. The van der Waals surface area contributed by atoms with Gasteiger partial charge in [0.2, 0.25) is 5.95 Å². The molecule has 3 nitrogen and oxygen atoms in total. The molecule has 0 aliphatic carbocycles. The Morgan fingerprint density at radius 1 is 1.38 bits per heavy atom. The summed E-state index contributed by atoms with van der Waals surface area (Å²) in [5, 5.41) is 0.271. The molecule has 1 unspecified atom stereocenters. The molecular formula is C11H15BrClN3. The van der Waals surface area contributed by atoms with Gasteiger partial charge in [0.25, 0.3) is 0 Å². The molecular weight excluding hydrogens is 289 g/mol. The van der Waals surface area contributed by atoms with E-state index in [0.29, 0.717) is 5.92 Å². The Balaban J connectivity index is 1.96. The quantitative estimate of drug-likeness (QED) is 0.786. The first-order chi connectivity index (χ1) is 7.66. The van der Waals surface area contributed by atoms with Gasteiger partial charge in [-0.3, -0.25) is 0 Å². The molecule has 1 fully saturated rings. The van der Waals surface area contributed by atoms with Crippen LogP contribution in [0.2, 0.25) is 0 Å². The molecule has 1 aliphatic heterocycles. The first-order valence-corrected chi connectivity index (χ1v) is 6.76. The summed E-state index contributed by atoms with van der Waals surface area (Å²) in [6, 6.07) is 0. The minimum atomic E-state index is 0.271. The number of alkyl halides is 1. The minimum Gasteiger partial charge on any atom is -0.341 e. The van der Waals surface area contributed by atoms with E-state index in [1.165, 1.54) is 0 Å². The lowest BCUT2D eigenvalue weighted by molar-refractivity contribution is 0.397. The van der Waals surface area contributed by atoms with Crippen molar-refractivity contribution in [3.05, 3.63) is 16.9 Å². The fraction of sp³-hybridized carbons (Fsp3) is 0.636. The first-order valence-electron chi connectivity index (χ1n) is 5.53. The maximum absolute atomic E-state index is 6.12. The third kappa shape index (κ3) is 2.86. The molecule has 1 saturated heterocycles. The third-order valence-corrected chi connectivity index (χ3v) is 3.84. The Hall–Kier alpha value is -0.350. The van der Waals surface area contributed by atoms with E-state index in [1.807, 2.05) is 0 Å². The van der Waals surface area contributed by atoms with Crippen LogP contribution in [0.5, 0.6) is 0 Å². The van der Waals surface area contributed by atoms with Gasteiger partial charge in [0.05, 0.1) is 4.47 Å². The minimum absolute atomic E-state index is 0.271. The zero-order valence-corrected chi connectivity index (χ0v) is 11.6. The monoisotopic (exact) mass is 303 g/mol. The van der Waals surface area contributed by atoms with Crippen LogP contribution in [0.25, 0.3) is 0 Å². The molecule has 2 rings (SSSR count). The Morgan fingerprint density at radius 2 is 1.94 bits per heavy atom. The van der Waals surface area contributed by atoms with Gasteiger partial charge in [-0.15, -0.1) is 11.6 Å². The molecule has 88 valence electrons. The molecule has 5 heteroatoms. The van der Waals surface area contributed by atoms with E-state index >= 15 is 0 Å². The van der Waals surface area contributed by atoms with Crippen LogP contribution >= 0.6 is 27.5 Å². The van der Waals surface area contributed by atoms with E-state index < -0.39 is 0 Å². The molecule has 1 aromatic rings. The summed E-state index contributed by atoms with van der Waals surface area (Å²) >= 11 is 9.45. The van der Waals surface area contributed by atoms with E-state index in [-0.39, 0.29) is 5.38 Å². The number of halogens is 2. The average Bonchev–Trinajstić information content (AvgIpc) is 2.30. The normalized spacial score (nSPS) is 19.8. The molecule has 0 aromatic carbocycles. The van der Waals surface area contributed by atoms with Crippen molar-refractivity contribution in [3.63, 3.8) is 0 Å². The van der Waals surface area contributed by atoms with Crippen molar-refractivity contribution >= 4 is 33.5 Å². The van der Waals surface area contributed by atoms with E-state index in [1.54, 1.807) is 12.4 Å². The highest BCUT2D eigenvalue weighted by Crippen LogP contribution is 2.25. The Bertz CT molecular complexity index is 334. The Kier molecular flexibility index (Phi) is 4.03. The van der Waals surface area contributed by atoms with Gasteiger partial charge in [0.1, 0.15) is 0 Å². The van der Waals surface area contributed by atoms with E-state index in [0.717, 1.165) is 36.4 Å². The second kappa shape index (κ2) is 5.32. The van der Waals surface area contributed by atoms with Gasteiger partial charge < -0.3 is 4.90 Å². The predicted molar refractivity (Wildman–Crippen MR) is 70.0 cm³/mol. The van der Waals surface area contributed by atoms with Crippen LogP contribution in [0.4, 0.5) is 5.95 Å². The van der Waals surface area contributed by atoms with Crippen LogP contribution < -0.4 is 4.90 Å². The second-order valence-electron chi connectivity index (χ2n) is 4.20. The van der Waals surface area contributed by atoms with Crippen molar-refractivity contribution in [1.29, 1.82) is 0 Å². The predicted octanol–water partition coefficient (Wildman–Crippen LogP) is 3.08. The van der Waals surface area contributed by atoms with Gasteiger partial charge in [-0.2, -0.15) is 0 Å². The van der Waals surface area contributed by atoms with Gasteiger partial charge in [-0.25, -0.2) is 9.97 Å². The summed E-state index contributed by atoms with van der Waals surface area (Å²) in [7, 11) is 0. The number of rotatable bonds is 2. The molecule has 1 aliphatic rings. The summed E-state index contributed by atoms with van der Waals surface area (Å²) in [5.74, 6) is 1.46. The number of nitrogens with zero attached hydrogens (tertiary/aromatic N) is 3. The molecule has 16 heavy (non-hydrogen) atoms. The maximum Gasteiger partial charge on any atom is 0.225 e. The fourth-order valence-electron chi connectivity index (χ4n) is 2.03. The summed E-state index contributed by atoms with van der Waals surface area (Å²) < 4.78 is 0.917. The van der Waals surface area contributed by atoms with Crippen LogP contribution in [0.15, 0.2) is 16.9 Å². The largest absolute Gasteiger partial charge is 0.341 e. The van der Waals surface area contributed by atoms with Crippen LogP contribution in [0.3, 0.4) is 0 Å². The number of hydrogen-bond acceptors (Lipinski definition) is 3. The average molecular weight is 305 g/mol. The highest BCUT2D eigenvalue weighted by Gasteiger charge is 2.23. The molecule has 1 aromatic heterocycles. The molecule has 1 atom stereocenters. The third-order valence-electron chi connectivity index (χ3n) is 3.08. The summed E-state index contributed by atoms with van der Waals surface area (Å²) in [6.07, 6.45) is 5.84. The highest BCUT2D eigenvalue weighted by molar-refractivity contribution is 9.10. The SMILES string of the molecule is CC(Cl)C1CCN(c2ncc(Br)cn2)CC1. The van der Waals surface area contributed by atoms with Gasteiger partial charge in [-0.1, -0.05) is 0 Å². The number of anilines is 1. The van der Waals surface area contributed by atoms with E-state index in [9.17, 15) is 0 Å². The van der Waals surface area contributed by atoms with Crippen molar-refractivity contribution in [2.75, 3.05) is 18.0 Å². The molecule has 0 bridgehead atoms. The van der Waals surface area contributed by atoms with Gasteiger partial charge in [0.15, 0.2) is 0 Å². The molecule has 0 amide bonds. The van der Waals surface area contributed by atoms with Crippen LogP contribution in [0, 0.1) is 5.92 Å². The molecule has 0 saturated carbocycles. The van der Waals surface area contributed by atoms with Crippen LogP contribution in [0.1, 0.15) is 19.8 Å². The first kappa shape index (κ1) is 12.1. The van der Waals surface area contributed by atoms with Gasteiger partial charge in [0, 0.05) is 30.9 Å². The molecule has 2 heterocycles. The van der Waals surface area contributed by atoms with Crippen molar-refractivity contribution in [2.45, 2.75) is 25.1 Å². The molecule has 0 radical (unpaired) electrons. The Labute approximate surface area is 109 Å². The Morgan fingerprint density at radius 3 is 2.44 bits per heavy atom.